The molecule has 0 fully saturated rings. The molecule has 3 rings (SSSR count). The van der Waals surface area contributed by atoms with E-state index < -0.39 is 0 Å². The topological polar surface area (TPSA) is 103 Å². The van der Waals surface area contributed by atoms with Gasteiger partial charge in [-0.3, -0.25) is 10.5 Å². The van der Waals surface area contributed by atoms with Crippen molar-refractivity contribution in [3.05, 3.63) is 50.8 Å². The van der Waals surface area contributed by atoms with Crippen LogP contribution in [-0.2, 0) is 6.42 Å². The minimum absolute atomic E-state index is 0. The van der Waals surface area contributed by atoms with Crippen LogP contribution in [0, 0.1) is 12.3 Å². The summed E-state index contributed by atoms with van der Waals surface area (Å²) in [6, 6.07) is 5.46. The van der Waals surface area contributed by atoms with Crippen molar-refractivity contribution in [3.8, 4) is 0 Å². The molecular formula is C15H17Cl3N6. The first-order valence-electron chi connectivity index (χ1n) is 7.11. The number of aromatic amines is 1. The Kier molecular flexibility index (Phi) is 5.74. The number of benzene rings is 1. The van der Waals surface area contributed by atoms with Gasteiger partial charge in [0, 0.05) is 21.3 Å². The van der Waals surface area contributed by atoms with Crippen LogP contribution >= 0.6 is 35.6 Å². The van der Waals surface area contributed by atoms with Gasteiger partial charge in [-0.25, -0.2) is 5.43 Å². The van der Waals surface area contributed by atoms with E-state index in [-0.39, 0.29) is 24.3 Å². The number of hydrogen-bond acceptors (Lipinski definition) is 3. The fourth-order valence-corrected chi connectivity index (χ4v) is 3.40. The maximum atomic E-state index is 7.29. The molecule has 0 saturated carbocycles. The summed E-state index contributed by atoms with van der Waals surface area (Å²) in [4.78, 5) is 0. The predicted octanol–water partition coefficient (Wildman–Crippen LogP) is 3.36. The van der Waals surface area contributed by atoms with Gasteiger partial charge in [-0.2, -0.15) is 10.2 Å². The molecule has 24 heavy (non-hydrogen) atoms. The molecule has 1 aromatic heterocycles. The monoisotopic (exact) mass is 386 g/mol. The third-order valence-electron chi connectivity index (χ3n) is 3.91. The highest BCUT2D eigenvalue weighted by Gasteiger charge is 2.29. The molecule has 9 heteroatoms. The van der Waals surface area contributed by atoms with Crippen molar-refractivity contribution >= 4 is 47.3 Å². The molecule has 5 N–H and O–H groups in total. The fourth-order valence-electron chi connectivity index (χ4n) is 2.94. The quantitative estimate of drug-likeness (QED) is 0.361. The number of hydrogen-bond donors (Lipinski definition) is 4. The van der Waals surface area contributed by atoms with Crippen LogP contribution in [0.3, 0.4) is 0 Å². The molecule has 0 radical (unpaired) electrons. The molecule has 128 valence electrons. The normalized spacial score (nSPS) is 18.0. The highest BCUT2D eigenvalue weighted by atomic mass is 35.5. The standard InChI is InChI=1S/C15H16Cl2N6.ClH/c1-7-14-12(21-20-7)4-8(5-13(14)22-23-15(18)19)10-6-9(16)2-3-11(10)17;/h2-3,6,8H,4-5H2,1H3,(H,20,21)(H4,18,19,23);1H/b22-13-;. The SMILES string of the molecule is Cc1n[nH]c2c1/C(=N\NC(=N)N)CC(c1cc(Cl)ccc1Cl)C2.Cl. The van der Waals surface area contributed by atoms with E-state index in [0.717, 1.165) is 34.6 Å². The molecule has 0 bridgehead atoms. The van der Waals surface area contributed by atoms with Crippen molar-refractivity contribution in [2.45, 2.75) is 25.7 Å². The van der Waals surface area contributed by atoms with Gasteiger partial charge in [0.1, 0.15) is 0 Å². The second-order valence-electron chi connectivity index (χ2n) is 5.52. The highest BCUT2D eigenvalue weighted by Crippen LogP contribution is 2.37. The molecule has 0 spiro atoms. The summed E-state index contributed by atoms with van der Waals surface area (Å²) >= 11 is 12.5. The van der Waals surface area contributed by atoms with Gasteiger partial charge in [0.05, 0.1) is 11.4 Å². The molecule has 0 saturated heterocycles. The highest BCUT2D eigenvalue weighted by molar-refractivity contribution is 6.33. The van der Waals surface area contributed by atoms with Gasteiger partial charge in [0.2, 0.25) is 5.96 Å². The number of nitrogens with one attached hydrogen (secondary N) is 3. The number of H-pyrrole nitrogens is 1. The molecule has 1 heterocycles. The number of aryl methyl sites for hydroxylation is 1. The van der Waals surface area contributed by atoms with E-state index in [0.29, 0.717) is 16.5 Å². The summed E-state index contributed by atoms with van der Waals surface area (Å²) in [5.41, 5.74) is 12.5. The smallest absolute Gasteiger partial charge is 0.206 e. The van der Waals surface area contributed by atoms with E-state index in [1.807, 2.05) is 13.0 Å². The molecular weight excluding hydrogens is 371 g/mol. The van der Waals surface area contributed by atoms with Crippen molar-refractivity contribution in [3.63, 3.8) is 0 Å². The summed E-state index contributed by atoms with van der Waals surface area (Å²) < 4.78 is 0. The summed E-state index contributed by atoms with van der Waals surface area (Å²) in [5.74, 6) is -0.0795. The van der Waals surface area contributed by atoms with Crippen LogP contribution in [0.4, 0.5) is 0 Å². The fraction of sp³-hybridized carbons (Fsp3) is 0.267. The Labute approximate surface area is 155 Å². The molecule has 0 amide bonds. The lowest BCUT2D eigenvalue weighted by Crippen LogP contribution is -2.29. The molecule has 2 aromatic rings. The van der Waals surface area contributed by atoms with Crippen LogP contribution in [0.2, 0.25) is 10.0 Å². The Morgan fingerprint density at radius 1 is 1.42 bits per heavy atom. The molecule has 1 aliphatic carbocycles. The van der Waals surface area contributed by atoms with Gasteiger partial charge in [-0.05, 0) is 49.4 Å². The number of fused-ring (bicyclic) bond motifs is 1. The van der Waals surface area contributed by atoms with E-state index in [2.05, 4.69) is 20.7 Å². The van der Waals surface area contributed by atoms with E-state index in [1.54, 1.807) is 12.1 Å². The average molecular weight is 388 g/mol. The molecule has 0 aliphatic heterocycles. The Morgan fingerprint density at radius 2 is 2.17 bits per heavy atom. The molecule has 1 aromatic carbocycles. The van der Waals surface area contributed by atoms with Crippen LogP contribution in [0.25, 0.3) is 0 Å². The number of hydrazone groups is 1. The minimum atomic E-state index is -0.205. The Hall–Kier alpha value is -1.76. The summed E-state index contributed by atoms with van der Waals surface area (Å²) in [6.07, 6.45) is 1.43. The summed E-state index contributed by atoms with van der Waals surface area (Å²) in [5, 5.41) is 20.2. The van der Waals surface area contributed by atoms with Crippen molar-refractivity contribution < 1.29 is 0 Å². The lowest BCUT2D eigenvalue weighted by atomic mass is 9.81. The van der Waals surface area contributed by atoms with Crippen molar-refractivity contribution in [2.24, 2.45) is 10.8 Å². The first kappa shape index (κ1) is 18.6. The van der Waals surface area contributed by atoms with Crippen LogP contribution in [-0.4, -0.2) is 21.9 Å². The number of aromatic nitrogens is 2. The van der Waals surface area contributed by atoms with Crippen LogP contribution in [0.15, 0.2) is 23.3 Å². The second-order valence-corrected chi connectivity index (χ2v) is 6.36. The Bertz CT molecular complexity index is 799. The summed E-state index contributed by atoms with van der Waals surface area (Å²) in [6.45, 7) is 1.92. The van der Waals surface area contributed by atoms with Gasteiger partial charge < -0.3 is 5.73 Å². The van der Waals surface area contributed by atoms with Crippen LogP contribution in [0.1, 0.15) is 34.9 Å². The predicted molar refractivity (Wildman–Crippen MR) is 99.7 cm³/mol. The van der Waals surface area contributed by atoms with Crippen molar-refractivity contribution in [1.82, 2.24) is 15.6 Å². The van der Waals surface area contributed by atoms with Gasteiger partial charge in [-0.15, -0.1) is 12.4 Å². The third kappa shape index (κ3) is 3.66. The molecule has 1 aliphatic rings. The minimum Gasteiger partial charge on any atom is -0.369 e. The maximum absolute atomic E-state index is 7.29. The molecule has 1 unspecified atom stereocenters. The Balaban J connectivity index is 0.00000208. The zero-order valence-corrected chi connectivity index (χ0v) is 15.2. The first-order chi connectivity index (χ1) is 11.0. The van der Waals surface area contributed by atoms with E-state index >= 15 is 0 Å². The lowest BCUT2D eigenvalue weighted by molar-refractivity contribution is 0.677. The largest absolute Gasteiger partial charge is 0.369 e. The Morgan fingerprint density at radius 3 is 2.88 bits per heavy atom. The van der Waals surface area contributed by atoms with Crippen molar-refractivity contribution in [1.29, 1.82) is 5.41 Å². The van der Waals surface area contributed by atoms with E-state index in [1.165, 1.54) is 0 Å². The number of nitrogens with two attached hydrogens (primary N) is 1. The van der Waals surface area contributed by atoms with Gasteiger partial charge >= 0.3 is 0 Å². The second kappa shape index (κ2) is 7.42. The lowest BCUT2D eigenvalue weighted by Gasteiger charge is -2.25. The number of halogens is 3. The maximum Gasteiger partial charge on any atom is 0.206 e. The van der Waals surface area contributed by atoms with Gasteiger partial charge in [0.15, 0.2) is 0 Å². The number of guanidine groups is 1. The number of rotatable bonds is 2. The van der Waals surface area contributed by atoms with Crippen LogP contribution in [0.5, 0.6) is 0 Å². The zero-order chi connectivity index (χ0) is 16.6. The number of nitrogens with zero attached hydrogens (tertiary/aromatic N) is 2. The van der Waals surface area contributed by atoms with Gasteiger partial charge in [-0.1, -0.05) is 23.2 Å². The third-order valence-corrected chi connectivity index (χ3v) is 4.49. The van der Waals surface area contributed by atoms with Crippen molar-refractivity contribution in [2.75, 3.05) is 0 Å². The molecule has 6 nitrogen and oxygen atoms in total. The van der Waals surface area contributed by atoms with Crippen LogP contribution < -0.4 is 11.2 Å². The van der Waals surface area contributed by atoms with E-state index in [4.69, 9.17) is 34.3 Å². The van der Waals surface area contributed by atoms with E-state index in [9.17, 15) is 0 Å². The first-order valence-corrected chi connectivity index (χ1v) is 7.87. The average Bonchev–Trinajstić information content (AvgIpc) is 2.88. The zero-order valence-electron chi connectivity index (χ0n) is 12.9. The molecule has 1 atom stereocenters. The van der Waals surface area contributed by atoms with Gasteiger partial charge in [0.25, 0.3) is 0 Å². The summed E-state index contributed by atoms with van der Waals surface area (Å²) in [7, 11) is 0.